The van der Waals surface area contributed by atoms with Gasteiger partial charge in [-0.05, 0) is 12.1 Å². The maximum atomic E-state index is 11.7. The molecule has 3 rings (SSSR count). The quantitative estimate of drug-likeness (QED) is 0.412. The summed E-state index contributed by atoms with van der Waals surface area (Å²) >= 11 is 1.48. The molecule has 0 aliphatic rings. The average Bonchev–Trinajstić information content (AvgIpc) is 3.04. The molecule has 1 aromatic carbocycles. The lowest BCUT2D eigenvalue weighted by atomic mass is 9.93. The maximum absolute atomic E-state index is 11.7. The van der Waals surface area contributed by atoms with Crippen LogP contribution in [0, 0.1) is 10.1 Å². The largest absolute Gasteiger partial charge is 0.296 e. The van der Waals surface area contributed by atoms with Crippen LogP contribution in [0.1, 0.15) is 37.0 Å². The van der Waals surface area contributed by atoms with E-state index in [4.69, 9.17) is 0 Å². The zero-order valence-corrected chi connectivity index (χ0v) is 13.8. The summed E-state index contributed by atoms with van der Waals surface area (Å²) in [6.07, 6.45) is 0.790. The highest BCUT2D eigenvalue weighted by Crippen LogP contribution is 2.33. The number of fused-ring (bicyclic) bond motifs is 1. The summed E-state index contributed by atoms with van der Waals surface area (Å²) in [6.45, 7) is 6.23. The Labute approximate surface area is 136 Å². The number of nitro benzene ring substituents is 1. The Morgan fingerprint density at radius 1 is 1.26 bits per heavy atom. The molecule has 118 valence electrons. The van der Waals surface area contributed by atoms with E-state index in [0.717, 1.165) is 16.9 Å². The van der Waals surface area contributed by atoms with E-state index in [1.165, 1.54) is 23.5 Å². The molecule has 23 heavy (non-hydrogen) atoms. The number of nitro groups is 1. The molecule has 0 N–H and O–H groups in total. The minimum absolute atomic E-state index is 0.0119. The molecular formula is C16H15N3O3S. The number of aromatic nitrogens is 2. The van der Waals surface area contributed by atoms with Crippen molar-refractivity contribution in [3.8, 4) is 11.3 Å². The number of benzene rings is 1. The Bertz CT molecular complexity index is 901. The molecule has 7 heteroatoms. The summed E-state index contributed by atoms with van der Waals surface area (Å²) in [5, 5.41) is 12.8. The van der Waals surface area contributed by atoms with Gasteiger partial charge in [-0.3, -0.25) is 19.3 Å². The number of nitrogens with zero attached hydrogens (tertiary/aromatic N) is 3. The first-order valence-corrected chi connectivity index (χ1v) is 7.91. The van der Waals surface area contributed by atoms with Gasteiger partial charge in [-0.1, -0.05) is 20.8 Å². The molecule has 3 aromatic rings. The van der Waals surface area contributed by atoms with E-state index in [0.29, 0.717) is 17.0 Å². The standard InChI is InChI=1S/C16H15N3O3S/c1-16(2,3)13-9-23-15-17-14(12(8-20)18(13)15)10-4-6-11(7-5-10)19(21)22/h4-9H,1-3H3. The Morgan fingerprint density at radius 2 is 1.91 bits per heavy atom. The van der Waals surface area contributed by atoms with Crippen molar-refractivity contribution in [1.82, 2.24) is 9.38 Å². The Kier molecular flexibility index (Phi) is 3.52. The second-order valence-electron chi connectivity index (χ2n) is 6.26. The summed E-state index contributed by atoms with van der Waals surface area (Å²) in [7, 11) is 0. The van der Waals surface area contributed by atoms with Crippen molar-refractivity contribution in [3.05, 3.63) is 51.1 Å². The highest BCUT2D eigenvalue weighted by atomic mass is 32.1. The van der Waals surface area contributed by atoms with Crippen molar-refractivity contribution < 1.29 is 9.72 Å². The summed E-state index contributed by atoms with van der Waals surface area (Å²) in [5.74, 6) is 0. The molecule has 0 unspecified atom stereocenters. The van der Waals surface area contributed by atoms with Crippen LogP contribution >= 0.6 is 11.3 Å². The van der Waals surface area contributed by atoms with Crippen LogP contribution < -0.4 is 0 Å². The number of imidazole rings is 1. The van der Waals surface area contributed by atoms with E-state index in [-0.39, 0.29) is 11.1 Å². The molecule has 0 aliphatic heterocycles. The molecule has 0 saturated carbocycles. The van der Waals surface area contributed by atoms with Gasteiger partial charge in [0, 0.05) is 34.2 Å². The molecule has 2 heterocycles. The smallest absolute Gasteiger partial charge is 0.269 e. The number of hydrogen-bond donors (Lipinski definition) is 0. The fourth-order valence-corrected chi connectivity index (χ4v) is 3.58. The minimum Gasteiger partial charge on any atom is -0.296 e. The van der Waals surface area contributed by atoms with E-state index >= 15 is 0 Å². The first-order valence-electron chi connectivity index (χ1n) is 7.03. The number of carbonyl (C=O) groups is 1. The van der Waals surface area contributed by atoms with Crippen LogP contribution in [-0.2, 0) is 5.41 Å². The second kappa shape index (κ2) is 5.27. The van der Waals surface area contributed by atoms with E-state index in [1.54, 1.807) is 12.1 Å². The van der Waals surface area contributed by atoms with Gasteiger partial charge >= 0.3 is 0 Å². The number of non-ortho nitro benzene ring substituents is 1. The average molecular weight is 329 g/mol. The van der Waals surface area contributed by atoms with Gasteiger partial charge < -0.3 is 0 Å². The van der Waals surface area contributed by atoms with Gasteiger partial charge in [-0.15, -0.1) is 11.3 Å². The summed E-state index contributed by atoms with van der Waals surface area (Å²) in [5.41, 5.74) is 2.61. The molecular weight excluding hydrogens is 314 g/mol. The Morgan fingerprint density at radius 3 is 2.43 bits per heavy atom. The lowest BCUT2D eigenvalue weighted by Crippen LogP contribution is -2.15. The van der Waals surface area contributed by atoms with Crippen LogP contribution in [0.15, 0.2) is 29.6 Å². The van der Waals surface area contributed by atoms with Gasteiger partial charge in [0.15, 0.2) is 11.2 Å². The molecule has 0 fully saturated rings. The van der Waals surface area contributed by atoms with Gasteiger partial charge in [-0.2, -0.15) is 0 Å². The molecule has 6 nitrogen and oxygen atoms in total. The molecule has 0 atom stereocenters. The van der Waals surface area contributed by atoms with Crippen LogP contribution in [0.3, 0.4) is 0 Å². The topological polar surface area (TPSA) is 77.5 Å². The van der Waals surface area contributed by atoms with Crippen LogP contribution in [0.25, 0.3) is 16.2 Å². The van der Waals surface area contributed by atoms with Gasteiger partial charge in [0.25, 0.3) is 5.69 Å². The van der Waals surface area contributed by atoms with Crippen molar-refractivity contribution in [2.24, 2.45) is 0 Å². The van der Waals surface area contributed by atoms with Crippen molar-refractivity contribution >= 4 is 28.3 Å². The first kappa shape index (κ1) is 15.4. The van der Waals surface area contributed by atoms with Crippen molar-refractivity contribution in [2.75, 3.05) is 0 Å². The highest BCUT2D eigenvalue weighted by Gasteiger charge is 2.24. The Hall–Kier alpha value is -2.54. The molecule has 0 saturated heterocycles. The van der Waals surface area contributed by atoms with Crippen LogP contribution in [0.4, 0.5) is 5.69 Å². The maximum Gasteiger partial charge on any atom is 0.269 e. The number of hydrogen-bond acceptors (Lipinski definition) is 5. The minimum atomic E-state index is -0.451. The Balaban J connectivity index is 2.20. The third-order valence-electron chi connectivity index (χ3n) is 3.63. The van der Waals surface area contributed by atoms with Gasteiger partial charge in [0.05, 0.1) is 4.92 Å². The number of carbonyl (C=O) groups excluding carboxylic acids is 1. The number of aldehydes is 1. The summed E-state index contributed by atoms with van der Waals surface area (Å²) in [4.78, 5) is 27.3. The summed E-state index contributed by atoms with van der Waals surface area (Å²) < 4.78 is 1.87. The predicted octanol–water partition coefficient (Wildman–Crippen LogP) is 4.08. The number of rotatable bonds is 3. The molecule has 2 aromatic heterocycles. The van der Waals surface area contributed by atoms with Crippen molar-refractivity contribution in [1.29, 1.82) is 0 Å². The van der Waals surface area contributed by atoms with Gasteiger partial charge in [0.2, 0.25) is 0 Å². The molecule has 0 aliphatic carbocycles. The van der Waals surface area contributed by atoms with E-state index in [9.17, 15) is 14.9 Å². The van der Waals surface area contributed by atoms with Gasteiger partial charge in [-0.25, -0.2) is 4.98 Å². The van der Waals surface area contributed by atoms with Crippen molar-refractivity contribution in [3.63, 3.8) is 0 Å². The third-order valence-corrected chi connectivity index (χ3v) is 4.46. The third kappa shape index (κ3) is 2.53. The normalized spacial score (nSPS) is 11.8. The van der Waals surface area contributed by atoms with Gasteiger partial charge in [0.1, 0.15) is 11.4 Å². The van der Waals surface area contributed by atoms with Crippen LogP contribution in [0.5, 0.6) is 0 Å². The zero-order chi connectivity index (χ0) is 16.8. The molecule has 0 radical (unpaired) electrons. The zero-order valence-electron chi connectivity index (χ0n) is 12.9. The SMILES string of the molecule is CC(C)(C)c1csc2nc(-c3ccc([N+](=O)[O-])cc3)c(C=O)n12. The highest BCUT2D eigenvalue weighted by molar-refractivity contribution is 7.15. The molecule has 0 bridgehead atoms. The fourth-order valence-electron chi connectivity index (χ4n) is 2.46. The van der Waals surface area contributed by atoms with E-state index < -0.39 is 4.92 Å². The monoisotopic (exact) mass is 329 g/mol. The van der Waals surface area contributed by atoms with E-state index in [2.05, 4.69) is 25.8 Å². The predicted molar refractivity (Wildman–Crippen MR) is 89.2 cm³/mol. The van der Waals surface area contributed by atoms with Crippen LogP contribution in [-0.4, -0.2) is 20.6 Å². The molecule has 0 amide bonds. The van der Waals surface area contributed by atoms with E-state index in [1.807, 2.05) is 9.78 Å². The fraction of sp³-hybridized carbons (Fsp3) is 0.250. The van der Waals surface area contributed by atoms with Crippen molar-refractivity contribution in [2.45, 2.75) is 26.2 Å². The first-order chi connectivity index (χ1) is 10.8. The van der Waals surface area contributed by atoms with Crippen LogP contribution in [0.2, 0.25) is 0 Å². The second-order valence-corrected chi connectivity index (χ2v) is 7.09. The molecule has 0 spiro atoms. The lowest BCUT2D eigenvalue weighted by Gasteiger charge is -2.17. The number of thiazole rings is 1. The lowest BCUT2D eigenvalue weighted by molar-refractivity contribution is -0.384. The summed E-state index contributed by atoms with van der Waals surface area (Å²) in [6, 6.07) is 6.08.